The Balaban J connectivity index is 2.12. The maximum absolute atomic E-state index is 2.41. The zero-order valence-electron chi connectivity index (χ0n) is 4.98. The number of rotatable bonds is 0. The van der Waals surface area contributed by atoms with Crippen LogP contribution in [0.3, 0.4) is 0 Å². The van der Waals surface area contributed by atoms with Crippen molar-refractivity contribution in [1.82, 2.24) is 0 Å². The Morgan fingerprint density at radius 1 is 1.57 bits per heavy atom. The molecule has 0 nitrogen and oxygen atoms in total. The van der Waals surface area contributed by atoms with Crippen LogP contribution in [-0.4, -0.2) is 0 Å². The third kappa shape index (κ3) is 1.42. The topological polar surface area (TPSA) is 0 Å². The quantitative estimate of drug-likeness (QED) is 0.407. The van der Waals surface area contributed by atoms with Gasteiger partial charge in [-0.3, -0.25) is 0 Å². The van der Waals surface area contributed by atoms with E-state index < -0.39 is 0 Å². The number of hydrogen-bond donors (Lipinski definition) is 0. The standard InChI is InChI=1S/C7H13/c1-7-5-3-2-4-6-7/h3,7H,2,4-6H2,1H3/q+1/t7-/m1/s1. The van der Waals surface area contributed by atoms with E-state index in [4.69, 9.17) is 0 Å². The van der Waals surface area contributed by atoms with Crippen molar-refractivity contribution < 1.29 is 0 Å². The largest absolute Gasteiger partial charge is 0.0900 e. The van der Waals surface area contributed by atoms with E-state index in [0.29, 0.717) is 0 Å². The molecule has 0 aromatic carbocycles. The molecule has 7 heavy (non-hydrogen) atoms. The first-order chi connectivity index (χ1) is 3.39. The summed E-state index contributed by atoms with van der Waals surface area (Å²) in [6.45, 7) is 2.33. The Kier molecular flexibility index (Phi) is 1.61. The third-order valence-electron chi connectivity index (χ3n) is 1.67. The van der Waals surface area contributed by atoms with Crippen LogP contribution in [0.5, 0.6) is 0 Å². The van der Waals surface area contributed by atoms with E-state index in [0.717, 1.165) is 5.92 Å². The maximum atomic E-state index is 2.41. The summed E-state index contributed by atoms with van der Waals surface area (Å²) >= 11 is 0. The first kappa shape index (κ1) is 5.02. The molecule has 1 aliphatic carbocycles. The Morgan fingerprint density at radius 3 is 2.71 bits per heavy atom. The average Bonchev–Trinajstić information content (AvgIpc) is 1.69. The Bertz CT molecular complexity index is 42.0. The van der Waals surface area contributed by atoms with Gasteiger partial charge in [-0.2, -0.15) is 0 Å². The molecule has 0 aliphatic heterocycles. The van der Waals surface area contributed by atoms with Crippen molar-refractivity contribution >= 4 is 0 Å². The zero-order valence-corrected chi connectivity index (χ0v) is 4.98. The van der Waals surface area contributed by atoms with Gasteiger partial charge in [0.15, 0.2) is 0 Å². The van der Waals surface area contributed by atoms with E-state index in [1.54, 1.807) is 0 Å². The molecule has 1 saturated carbocycles. The predicted molar refractivity (Wildman–Crippen MR) is 31.9 cm³/mol. The highest BCUT2D eigenvalue weighted by Gasteiger charge is 2.13. The summed E-state index contributed by atoms with van der Waals surface area (Å²) < 4.78 is 0. The molecule has 0 N–H and O–H groups in total. The van der Waals surface area contributed by atoms with Gasteiger partial charge >= 0.3 is 0 Å². The third-order valence-corrected chi connectivity index (χ3v) is 1.67. The van der Waals surface area contributed by atoms with E-state index in [-0.39, 0.29) is 0 Å². The summed E-state index contributed by atoms with van der Waals surface area (Å²) in [5, 5.41) is 0. The molecule has 0 bridgehead atoms. The summed E-state index contributed by atoms with van der Waals surface area (Å²) in [7, 11) is 0. The number of hydrogen-bond acceptors (Lipinski definition) is 0. The molecule has 1 atom stereocenters. The van der Waals surface area contributed by atoms with Crippen LogP contribution in [0.25, 0.3) is 0 Å². The van der Waals surface area contributed by atoms with Gasteiger partial charge in [-0.05, 0) is 18.8 Å². The molecule has 0 heterocycles. The van der Waals surface area contributed by atoms with Crippen molar-refractivity contribution in [1.29, 1.82) is 0 Å². The zero-order chi connectivity index (χ0) is 5.11. The van der Waals surface area contributed by atoms with Gasteiger partial charge in [-0.1, -0.05) is 6.92 Å². The van der Waals surface area contributed by atoms with E-state index in [1.807, 2.05) is 0 Å². The van der Waals surface area contributed by atoms with Crippen LogP contribution < -0.4 is 0 Å². The lowest BCUT2D eigenvalue weighted by Crippen LogP contribution is -2.00. The molecular formula is C7H13+. The van der Waals surface area contributed by atoms with Crippen LogP contribution in [0.15, 0.2) is 0 Å². The highest BCUT2D eigenvalue weighted by atomic mass is 14.1. The van der Waals surface area contributed by atoms with Crippen LogP contribution in [-0.2, 0) is 0 Å². The summed E-state index contributed by atoms with van der Waals surface area (Å²) in [4.78, 5) is 0. The fraction of sp³-hybridized carbons (Fsp3) is 0.857. The molecule has 0 radical (unpaired) electrons. The van der Waals surface area contributed by atoms with E-state index in [9.17, 15) is 0 Å². The SMILES string of the molecule is C[C@@H]1C[CH+]CCC1. The fourth-order valence-corrected chi connectivity index (χ4v) is 1.13. The van der Waals surface area contributed by atoms with E-state index in [1.165, 1.54) is 25.7 Å². The molecule has 0 aromatic heterocycles. The van der Waals surface area contributed by atoms with Crippen molar-refractivity contribution in [2.24, 2.45) is 5.92 Å². The second-order valence-corrected chi connectivity index (χ2v) is 2.56. The minimum atomic E-state index is 0.980. The average molecular weight is 97.2 g/mol. The lowest BCUT2D eigenvalue weighted by molar-refractivity contribution is 0.448. The van der Waals surface area contributed by atoms with Gasteiger partial charge in [0.1, 0.15) is 0 Å². The monoisotopic (exact) mass is 97.1 g/mol. The second-order valence-electron chi connectivity index (χ2n) is 2.56. The van der Waals surface area contributed by atoms with Crippen molar-refractivity contribution in [2.75, 3.05) is 0 Å². The smallest absolute Gasteiger partial charge is 0.0584 e. The van der Waals surface area contributed by atoms with Gasteiger partial charge in [0.2, 0.25) is 0 Å². The van der Waals surface area contributed by atoms with Gasteiger partial charge in [-0.15, -0.1) is 0 Å². The Hall–Kier alpha value is -0.130. The maximum Gasteiger partial charge on any atom is 0.0900 e. The van der Waals surface area contributed by atoms with Gasteiger partial charge in [-0.25, -0.2) is 0 Å². The van der Waals surface area contributed by atoms with Crippen molar-refractivity contribution in [3.63, 3.8) is 0 Å². The second kappa shape index (κ2) is 2.25. The first-order valence-electron chi connectivity index (χ1n) is 3.21. The highest BCUT2D eigenvalue weighted by Crippen LogP contribution is 2.21. The molecule has 1 fully saturated rings. The summed E-state index contributed by atoms with van der Waals surface area (Å²) in [5.41, 5.74) is 0. The van der Waals surface area contributed by atoms with Gasteiger partial charge in [0, 0.05) is 0 Å². The normalized spacial score (nSPS) is 31.9. The Labute approximate surface area is 45.9 Å². The molecule has 0 unspecified atom stereocenters. The first-order valence-corrected chi connectivity index (χ1v) is 3.21. The minimum Gasteiger partial charge on any atom is -0.0584 e. The molecule has 0 saturated heterocycles. The minimum absolute atomic E-state index is 0.980. The molecule has 1 aliphatic rings. The van der Waals surface area contributed by atoms with Gasteiger partial charge in [0.25, 0.3) is 0 Å². The molecule has 40 valence electrons. The molecular weight excluding hydrogens is 84.1 g/mol. The molecule has 1 rings (SSSR count). The van der Waals surface area contributed by atoms with Crippen LogP contribution in [0.2, 0.25) is 0 Å². The van der Waals surface area contributed by atoms with Crippen molar-refractivity contribution in [3.8, 4) is 0 Å². The molecule has 0 amide bonds. The molecule has 0 aromatic rings. The lowest BCUT2D eigenvalue weighted by Gasteiger charge is -2.08. The summed E-state index contributed by atoms with van der Waals surface area (Å²) in [6, 6.07) is 0. The van der Waals surface area contributed by atoms with E-state index in [2.05, 4.69) is 13.3 Å². The van der Waals surface area contributed by atoms with Gasteiger partial charge < -0.3 is 0 Å². The highest BCUT2D eigenvalue weighted by molar-refractivity contribution is 4.74. The predicted octanol–water partition coefficient (Wildman–Crippen LogP) is 2.40. The molecule has 0 heteroatoms. The fourth-order valence-electron chi connectivity index (χ4n) is 1.13. The van der Waals surface area contributed by atoms with E-state index >= 15 is 0 Å². The summed E-state index contributed by atoms with van der Waals surface area (Å²) in [6.07, 6.45) is 8.02. The molecule has 0 spiro atoms. The van der Waals surface area contributed by atoms with Crippen LogP contribution in [0.4, 0.5) is 0 Å². The van der Waals surface area contributed by atoms with Crippen molar-refractivity contribution in [3.05, 3.63) is 6.42 Å². The van der Waals surface area contributed by atoms with Crippen LogP contribution in [0, 0.1) is 12.3 Å². The van der Waals surface area contributed by atoms with Gasteiger partial charge in [0.05, 0.1) is 19.3 Å². The Morgan fingerprint density at radius 2 is 2.43 bits per heavy atom. The van der Waals surface area contributed by atoms with Crippen LogP contribution in [0.1, 0.15) is 32.6 Å². The van der Waals surface area contributed by atoms with Crippen LogP contribution >= 0.6 is 0 Å². The lowest BCUT2D eigenvalue weighted by atomic mass is 9.91. The summed E-state index contributed by atoms with van der Waals surface area (Å²) in [5.74, 6) is 0.980. The van der Waals surface area contributed by atoms with Crippen molar-refractivity contribution in [2.45, 2.75) is 32.6 Å².